The molecule has 35 heavy (non-hydrogen) atoms. The molecule has 0 saturated carbocycles. The van der Waals surface area contributed by atoms with E-state index in [1.165, 1.54) is 46.2 Å². The summed E-state index contributed by atoms with van der Waals surface area (Å²) in [5, 5.41) is 9.10. The third-order valence-electron chi connectivity index (χ3n) is 6.28. The SMILES string of the molecule is CCCCc1ccc(C=C(C)N=Nc2ccc(CC)c(-c3ccccc3)c2)cc1-c1ccccc1. The molecule has 0 aliphatic heterocycles. The molecule has 176 valence electrons. The second-order valence-electron chi connectivity index (χ2n) is 8.93. The van der Waals surface area contributed by atoms with E-state index in [-0.39, 0.29) is 0 Å². The average molecular weight is 459 g/mol. The molecule has 0 saturated heterocycles. The van der Waals surface area contributed by atoms with Gasteiger partial charge in [0.25, 0.3) is 0 Å². The van der Waals surface area contributed by atoms with Crippen molar-refractivity contribution in [2.75, 3.05) is 0 Å². The number of hydrogen-bond donors (Lipinski definition) is 0. The van der Waals surface area contributed by atoms with E-state index in [0.29, 0.717) is 0 Å². The minimum atomic E-state index is 0.869. The molecule has 0 heterocycles. The highest BCUT2D eigenvalue weighted by Gasteiger charge is 2.07. The van der Waals surface area contributed by atoms with Crippen LogP contribution in [0.25, 0.3) is 28.3 Å². The summed E-state index contributed by atoms with van der Waals surface area (Å²) in [6.07, 6.45) is 6.59. The lowest BCUT2D eigenvalue weighted by molar-refractivity contribution is 0.796. The van der Waals surface area contributed by atoms with E-state index in [1.807, 2.05) is 13.0 Å². The molecular formula is C33H34N2. The molecule has 4 rings (SSSR count). The Bertz CT molecular complexity index is 1300. The van der Waals surface area contributed by atoms with Gasteiger partial charge in [0.1, 0.15) is 0 Å². The molecule has 4 aromatic carbocycles. The summed E-state index contributed by atoms with van der Waals surface area (Å²) in [6.45, 7) is 6.44. The Labute approximate surface area is 210 Å². The summed E-state index contributed by atoms with van der Waals surface area (Å²) < 4.78 is 0. The summed E-state index contributed by atoms with van der Waals surface area (Å²) in [5.74, 6) is 0. The van der Waals surface area contributed by atoms with Crippen LogP contribution in [0.15, 0.2) is 113 Å². The van der Waals surface area contributed by atoms with Crippen molar-refractivity contribution in [1.29, 1.82) is 0 Å². The summed E-state index contributed by atoms with van der Waals surface area (Å²) in [4.78, 5) is 0. The summed E-state index contributed by atoms with van der Waals surface area (Å²) in [6, 6.07) is 34.3. The molecule has 0 unspecified atom stereocenters. The van der Waals surface area contributed by atoms with Gasteiger partial charge in [0, 0.05) is 0 Å². The van der Waals surface area contributed by atoms with E-state index in [9.17, 15) is 0 Å². The summed E-state index contributed by atoms with van der Waals surface area (Å²) in [7, 11) is 0. The van der Waals surface area contributed by atoms with Gasteiger partial charge in [-0.05, 0) is 89.4 Å². The molecule has 2 nitrogen and oxygen atoms in total. The Morgan fingerprint density at radius 1 is 0.714 bits per heavy atom. The van der Waals surface area contributed by atoms with Crippen LogP contribution in [0, 0.1) is 0 Å². The second kappa shape index (κ2) is 12.1. The minimum Gasteiger partial charge on any atom is -0.155 e. The molecule has 0 aromatic heterocycles. The number of rotatable bonds is 9. The van der Waals surface area contributed by atoms with E-state index in [0.717, 1.165) is 29.8 Å². The number of aryl methyl sites for hydroxylation is 2. The van der Waals surface area contributed by atoms with Crippen LogP contribution in [0.3, 0.4) is 0 Å². The zero-order valence-electron chi connectivity index (χ0n) is 21.0. The van der Waals surface area contributed by atoms with E-state index in [2.05, 4.69) is 121 Å². The van der Waals surface area contributed by atoms with Crippen molar-refractivity contribution in [1.82, 2.24) is 0 Å². The number of allylic oxidation sites excluding steroid dienone is 1. The highest BCUT2D eigenvalue weighted by molar-refractivity contribution is 5.72. The Balaban J connectivity index is 1.60. The average Bonchev–Trinajstić information content (AvgIpc) is 2.92. The van der Waals surface area contributed by atoms with Crippen LogP contribution in [0.1, 0.15) is 50.3 Å². The van der Waals surface area contributed by atoms with Gasteiger partial charge in [0.2, 0.25) is 0 Å². The molecule has 0 aliphatic rings. The molecule has 4 aromatic rings. The van der Waals surface area contributed by atoms with Crippen LogP contribution in [-0.2, 0) is 12.8 Å². The highest BCUT2D eigenvalue weighted by atomic mass is 15.1. The maximum Gasteiger partial charge on any atom is 0.0863 e. The number of hydrogen-bond acceptors (Lipinski definition) is 2. The van der Waals surface area contributed by atoms with Crippen molar-refractivity contribution in [3.8, 4) is 22.3 Å². The molecular weight excluding hydrogens is 424 g/mol. The topological polar surface area (TPSA) is 24.7 Å². The van der Waals surface area contributed by atoms with E-state index >= 15 is 0 Å². The molecule has 0 bridgehead atoms. The smallest absolute Gasteiger partial charge is 0.0863 e. The largest absolute Gasteiger partial charge is 0.155 e. The first-order chi connectivity index (χ1) is 17.2. The van der Waals surface area contributed by atoms with Crippen LogP contribution in [-0.4, -0.2) is 0 Å². The van der Waals surface area contributed by atoms with Crippen molar-refractivity contribution in [2.24, 2.45) is 10.2 Å². The van der Waals surface area contributed by atoms with Gasteiger partial charge in [0.05, 0.1) is 11.4 Å². The molecule has 0 radical (unpaired) electrons. The van der Waals surface area contributed by atoms with Crippen molar-refractivity contribution in [3.05, 3.63) is 119 Å². The normalized spacial score (nSPS) is 11.8. The maximum atomic E-state index is 4.56. The quantitative estimate of drug-likeness (QED) is 0.223. The van der Waals surface area contributed by atoms with Crippen LogP contribution >= 0.6 is 0 Å². The summed E-state index contributed by atoms with van der Waals surface area (Å²) in [5.41, 5.74) is 10.6. The van der Waals surface area contributed by atoms with Crippen LogP contribution in [0.2, 0.25) is 0 Å². The van der Waals surface area contributed by atoms with Crippen molar-refractivity contribution < 1.29 is 0 Å². The first-order valence-electron chi connectivity index (χ1n) is 12.6. The number of unbranched alkanes of at least 4 members (excludes halogenated alkanes) is 1. The Kier molecular flexibility index (Phi) is 8.40. The first-order valence-corrected chi connectivity index (χ1v) is 12.6. The Hall–Kier alpha value is -3.78. The Morgan fingerprint density at radius 3 is 1.97 bits per heavy atom. The fourth-order valence-corrected chi connectivity index (χ4v) is 4.38. The van der Waals surface area contributed by atoms with Gasteiger partial charge in [-0.15, -0.1) is 0 Å². The van der Waals surface area contributed by atoms with Gasteiger partial charge in [-0.1, -0.05) is 99.1 Å². The standard InChI is InChI=1S/C33H34N2/c1-4-6-13-30-19-18-26(23-32(30)28-14-9-7-10-15-28)22-25(3)34-35-31-21-20-27(5-2)33(24-31)29-16-11-8-12-17-29/h7-12,14-24H,4-6,13H2,1-3H3. The van der Waals surface area contributed by atoms with Gasteiger partial charge in [-0.25, -0.2) is 0 Å². The first kappa shape index (κ1) is 24.3. The fraction of sp³-hybridized carbons (Fsp3) is 0.212. The molecule has 2 heteroatoms. The maximum absolute atomic E-state index is 4.56. The van der Waals surface area contributed by atoms with Gasteiger partial charge in [0.15, 0.2) is 0 Å². The number of nitrogens with zero attached hydrogens (tertiary/aromatic N) is 2. The lowest BCUT2D eigenvalue weighted by Gasteiger charge is -2.11. The van der Waals surface area contributed by atoms with Crippen molar-refractivity contribution in [3.63, 3.8) is 0 Å². The minimum absolute atomic E-state index is 0.869. The van der Waals surface area contributed by atoms with E-state index in [1.54, 1.807) is 0 Å². The van der Waals surface area contributed by atoms with Crippen molar-refractivity contribution in [2.45, 2.75) is 46.5 Å². The predicted molar refractivity (Wildman–Crippen MR) is 150 cm³/mol. The number of azo groups is 1. The van der Waals surface area contributed by atoms with Crippen LogP contribution in [0.5, 0.6) is 0 Å². The highest BCUT2D eigenvalue weighted by Crippen LogP contribution is 2.30. The lowest BCUT2D eigenvalue weighted by Crippen LogP contribution is -1.91. The van der Waals surface area contributed by atoms with Gasteiger partial charge in [-0.2, -0.15) is 10.2 Å². The van der Waals surface area contributed by atoms with Gasteiger partial charge in [-0.3, -0.25) is 0 Å². The predicted octanol–water partition coefficient (Wildman–Crippen LogP) is 10.1. The third-order valence-corrected chi connectivity index (χ3v) is 6.28. The molecule has 0 atom stereocenters. The second-order valence-corrected chi connectivity index (χ2v) is 8.93. The van der Waals surface area contributed by atoms with Crippen molar-refractivity contribution >= 4 is 11.8 Å². The fourth-order valence-electron chi connectivity index (χ4n) is 4.38. The lowest BCUT2D eigenvalue weighted by atomic mass is 9.94. The van der Waals surface area contributed by atoms with E-state index < -0.39 is 0 Å². The molecule has 0 aliphatic carbocycles. The summed E-state index contributed by atoms with van der Waals surface area (Å²) >= 11 is 0. The molecule has 0 spiro atoms. The van der Waals surface area contributed by atoms with Gasteiger partial charge < -0.3 is 0 Å². The zero-order chi connectivity index (χ0) is 24.5. The number of benzene rings is 4. The monoisotopic (exact) mass is 458 g/mol. The molecule has 0 fully saturated rings. The van der Waals surface area contributed by atoms with Gasteiger partial charge >= 0.3 is 0 Å². The zero-order valence-corrected chi connectivity index (χ0v) is 21.0. The molecule has 0 amide bonds. The third kappa shape index (κ3) is 6.42. The molecule has 0 N–H and O–H groups in total. The van der Waals surface area contributed by atoms with E-state index in [4.69, 9.17) is 0 Å². The Morgan fingerprint density at radius 2 is 1.34 bits per heavy atom. The van der Waals surface area contributed by atoms with Crippen LogP contribution in [0.4, 0.5) is 5.69 Å². The van der Waals surface area contributed by atoms with Crippen LogP contribution < -0.4 is 0 Å².